The zero-order chi connectivity index (χ0) is 21.1. The van der Waals surface area contributed by atoms with E-state index in [0.717, 1.165) is 35.4 Å². The molecule has 0 bridgehead atoms. The molecule has 9 heteroatoms. The first-order valence-electron chi connectivity index (χ1n) is 8.23. The highest BCUT2D eigenvalue weighted by Gasteiger charge is 2.27. The summed E-state index contributed by atoms with van der Waals surface area (Å²) >= 11 is 0. The van der Waals surface area contributed by atoms with Crippen LogP contribution < -0.4 is 5.32 Å². The topological polar surface area (TPSA) is 89.5 Å². The van der Waals surface area contributed by atoms with Gasteiger partial charge in [-0.3, -0.25) is 4.79 Å². The van der Waals surface area contributed by atoms with Crippen molar-refractivity contribution in [1.29, 1.82) is 0 Å². The number of amides is 1. The Labute approximate surface area is 161 Å². The summed E-state index contributed by atoms with van der Waals surface area (Å²) in [6, 6.07) is 9.32. The zero-order valence-corrected chi connectivity index (χ0v) is 16.2. The lowest BCUT2D eigenvalue weighted by atomic mass is 10.1. The third-order valence-electron chi connectivity index (χ3n) is 3.95. The Bertz CT molecular complexity index is 988. The molecule has 1 N–H and O–H groups in total. The number of hydrogen-bond acceptors (Lipinski definition) is 5. The second kappa shape index (κ2) is 8.47. The Kier molecular flexibility index (Phi) is 6.50. The molecule has 0 aliphatic heterocycles. The molecular formula is C19H19F2NO5S. The number of benzene rings is 2. The lowest BCUT2D eigenvalue weighted by Gasteiger charge is -2.15. The molecule has 1 amide bonds. The van der Waals surface area contributed by atoms with E-state index >= 15 is 0 Å². The van der Waals surface area contributed by atoms with E-state index in [1.165, 1.54) is 6.92 Å². The number of aryl methyl sites for hydroxylation is 2. The fourth-order valence-corrected chi connectivity index (χ4v) is 3.08. The van der Waals surface area contributed by atoms with Crippen molar-refractivity contribution in [3.8, 4) is 0 Å². The molecule has 2 aromatic rings. The first kappa shape index (κ1) is 21.5. The number of sulfone groups is 1. The second-order valence-electron chi connectivity index (χ2n) is 6.19. The number of hydrogen-bond donors (Lipinski definition) is 1. The molecule has 0 saturated carbocycles. The van der Waals surface area contributed by atoms with Gasteiger partial charge in [0.2, 0.25) is 9.84 Å². The number of carbonyl (C=O) groups excluding carboxylic acids is 2. The van der Waals surface area contributed by atoms with E-state index in [4.69, 9.17) is 4.74 Å². The monoisotopic (exact) mass is 411 g/mol. The molecule has 0 heterocycles. The van der Waals surface area contributed by atoms with Crippen molar-refractivity contribution in [3.63, 3.8) is 0 Å². The van der Waals surface area contributed by atoms with Crippen LogP contribution in [0.15, 0.2) is 47.4 Å². The Balaban J connectivity index is 2.04. The molecule has 0 aromatic heterocycles. The van der Waals surface area contributed by atoms with Gasteiger partial charge < -0.3 is 10.1 Å². The van der Waals surface area contributed by atoms with Crippen molar-refractivity contribution in [2.75, 3.05) is 5.32 Å². The number of alkyl halides is 2. The van der Waals surface area contributed by atoms with Crippen LogP contribution in [0.4, 0.5) is 14.5 Å². The SMILES string of the molecule is Cc1ccc(NC(=O)[C@@H](C)OC(=O)c2ccc(S(=O)(=O)C(F)F)cc2)c(C)c1. The summed E-state index contributed by atoms with van der Waals surface area (Å²) in [5.41, 5.74) is 2.40. The molecule has 2 aromatic carbocycles. The zero-order valence-electron chi connectivity index (χ0n) is 15.4. The third kappa shape index (κ3) is 4.92. The van der Waals surface area contributed by atoms with Crippen LogP contribution >= 0.6 is 0 Å². The van der Waals surface area contributed by atoms with E-state index in [-0.39, 0.29) is 5.56 Å². The summed E-state index contributed by atoms with van der Waals surface area (Å²) in [4.78, 5) is 23.7. The Hall–Kier alpha value is -2.81. The Morgan fingerprint density at radius 1 is 1.04 bits per heavy atom. The summed E-state index contributed by atoms with van der Waals surface area (Å²) in [5.74, 6) is -4.99. The van der Waals surface area contributed by atoms with E-state index in [2.05, 4.69) is 5.32 Å². The first-order valence-corrected chi connectivity index (χ1v) is 9.78. The molecule has 1 atom stereocenters. The van der Waals surface area contributed by atoms with Gasteiger partial charge in [0.25, 0.3) is 5.91 Å². The van der Waals surface area contributed by atoms with Gasteiger partial charge in [-0.2, -0.15) is 8.78 Å². The number of nitrogens with one attached hydrogen (secondary N) is 1. The van der Waals surface area contributed by atoms with Crippen molar-refractivity contribution in [1.82, 2.24) is 0 Å². The summed E-state index contributed by atoms with van der Waals surface area (Å²) in [5, 5.41) is 2.66. The van der Waals surface area contributed by atoms with Crippen molar-refractivity contribution < 1.29 is 31.5 Å². The van der Waals surface area contributed by atoms with Crippen LogP contribution in [0.5, 0.6) is 0 Å². The minimum atomic E-state index is -4.75. The minimum absolute atomic E-state index is 0.0700. The van der Waals surface area contributed by atoms with Crippen molar-refractivity contribution >= 4 is 27.4 Å². The number of halogens is 2. The van der Waals surface area contributed by atoms with E-state index in [0.29, 0.717) is 5.69 Å². The van der Waals surface area contributed by atoms with Gasteiger partial charge >= 0.3 is 11.7 Å². The number of rotatable bonds is 6. The smallest absolute Gasteiger partial charge is 0.341 e. The molecule has 150 valence electrons. The number of anilines is 1. The second-order valence-corrected chi connectivity index (χ2v) is 8.10. The molecule has 0 radical (unpaired) electrons. The highest BCUT2D eigenvalue weighted by molar-refractivity contribution is 7.91. The van der Waals surface area contributed by atoms with Crippen LogP contribution in [-0.2, 0) is 19.4 Å². The predicted molar refractivity (Wildman–Crippen MR) is 99.1 cm³/mol. The number of carbonyl (C=O) groups is 2. The fraction of sp³-hybridized carbons (Fsp3) is 0.263. The molecule has 6 nitrogen and oxygen atoms in total. The summed E-state index contributed by atoms with van der Waals surface area (Å²) in [6.07, 6.45) is -1.13. The Morgan fingerprint density at radius 2 is 1.64 bits per heavy atom. The van der Waals surface area contributed by atoms with Gasteiger partial charge in [0, 0.05) is 5.69 Å². The highest BCUT2D eigenvalue weighted by Crippen LogP contribution is 2.20. The lowest BCUT2D eigenvalue weighted by Crippen LogP contribution is -2.30. The molecule has 0 aliphatic rings. The van der Waals surface area contributed by atoms with Gasteiger partial charge in [-0.05, 0) is 56.7 Å². The number of ether oxygens (including phenoxy) is 1. The average Bonchev–Trinajstić information content (AvgIpc) is 2.63. The van der Waals surface area contributed by atoms with Crippen molar-refractivity contribution in [3.05, 3.63) is 59.2 Å². The maximum atomic E-state index is 12.5. The summed E-state index contributed by atoms with van der Waals surface area (Å²) in [7, 11) is -4.75. The standard InChI is InChI=1S/C19H19F2NO5S/c1-11-4-9-16(12(2)10-11)22-17(23)13(3)27-18(24)14-5-7-15(8-6-14)28(25,26)19(20)21/h4-10,13,19H,1-3H3,(H,22,23)/t13-/m1/s1. The van der Waals surface area contributed by atoms with Crippen LogP contribution in [0.2, 0.25) is 0 Å². The van der Waals surface area contributed by atoms with Gasteiger partial charge in [-0.15, -0.1) is 0 Å². The molecule has 0 unspecified atom stereocenters. The average molecular weight is 411 g/mol. The maximum absolute atomic E-state index is 12.5. The highest BCUT2D eigenvalue weighted by atomic mass is 32.2. The molecule has 0 saturated heterocycles. The predicted octanol–water partition coefficient (Wildman–Crippen LogP) is 3.48. The molecule has 0 fully saturated rings. The third-order valence-corrected chi connectivity index (χ3v) is 5.34. The molecule has 0 aliphatic carbocycles. The lowest BCUT2D eigenvalue weighted by molar-refractivity contribution is -0.123. The van der Waals surface area contributed by atoms with Crippen LogP contribution in [0.3, 0.4) is 0 Å². The van der Waals surface area contributed by atoms with Gasteiger partial charge in [-0.1, -0.05) is 17.7 Å². The minimum Gasteiger partial charge on any atom is -0.449 e. The fourth-order valence-electron chi connectivity index (χ4n) is 2.35. The van der Waals surface area contributed by atoms with Gasteiger partial charge in [0.05, 0.1) is 10.5 Å². The van der Waals surface area contributed by atoms with E-state index in [9.17, 15) is 26.8 Å². The molecule has 0 spiro atoms. The van der Waals surface area contributed by atoms with Gasteiger partial charge in [0.15, 0.2) is 6.10 Å². The first-order chi connectivity index (χ1) is 13.0. The largest absolute Gasteiger partial charge is 0.449 e. The quantitative estimate of drug-likeness (QED) is 0.735. The number of esters is 1. The van der Waals surface area contributed by atoms with Crippen LogP contribution in [0.1, 0.15) is 28.4 Å². The molecule has 2 rings (SSSR count). The maximum Gasteiger partial charge on any atom is 0.341 e. The van der Waals surface area contributed by atoms with Crippen LogP contribution in [0.25, 0.3) is 0 Å². The van der Waals surface area contributed by atoms with Crippen molar-refractivity contribution in [2.45, 2.75) is 37.5 Å². The van der Waals surface area contributed by atoms with Gasteiger partial charge in [-0.25, -0.2) is 13.2 Å². The molecule has 28 heavy (non-hydrogen) atoms. The van der Waals surface area contributed by atoms with Crippen LogP contribution in [-0.4, -0.2) is 32.2 Å². The van der Waals surface area contributed by atoms with Crippen LogP contribution in [0, 0.1) is 13.8 Å². The van der Waals surface area contributed by atoms with E-state index in [1.807, 2.05) is 26.0 Å². The molecular weight excluding hydrogens is 392 g/mol. The summed E-state index contributed by atoms with van der Waals surface area (Å²) < 4.78 is 52.9. The van der Waals surface area contributed by atoms with Gasteiger partial charge in [0.1, 0.15) is 0 Å². The normalized spacial score (nSPS) is 12.5. The Morgan fingerprint density at radius 3 is 2.18 bits per heavy atom. The van der Waals surface area contributed by atoms with E-state index < -0.39 is 38.5 Å². The van der Waals surface area contributed by atoms with E-state index in [1.54, 1.807) is 6.07 Å². The van der Waals surface area contributed by atoms with Crippen molar-refractivity contribution in [2.24, 2.45) is 0 Å². The summed E-state index contributed by atoms with van der Waals surface area (Å²) in [6.45, 7) is 5.13.